The second-order valence-corrected chi connectivity index (χ2v) is 8.52. The summed E-state index contributed by atoms with van der Waals surface area (Å²) in [6, 6.07) is 18.8. The summed E-state index contributed by atoms with van der Waals surface area (Å²) in [4.78, 5) is 32.0. The number of amides is 1. The predicted molar refractivity (Wildman–Crippen MR) is 130 cm³/mol. The van der Waals surface area contributed by atoms with Gasteiger partial charge < -0.3 is 16.0 Å². The zero-order chi connectivity index (χ0) is 23.1. The van der Waals surface area contributed by atoms with Gasteiger partial charge >= 0.3 is 0 Å². The molecular weight excluding hydrogens is 414 g/mol. The SMILES string of the molecule is Cc1cc([C@H](C)Nc2ccccc2C(N)=O)c2nc(N3Cc4ccccc4C3)cc(=O)n2c1. The maximum absolute atomic E-state index is 13.1. The van der Waals surface area contributed by atoms with Crippen molar-refractivity contribution in [1.29, 1.82) is 0 Å². The minimum absolute atomic E-state index is 0.124. The Labute approximate surface area is 191 Å². The Bertz CT molecular complexity index is 1420. The Morgan fingerprint density at radius 2 is 1.73 bits per heavy atom. The van der Waals surface area contributed by atoms with Crippen LogP contribution in [-0.4, -0.2) is 15.3 Å². The minimum Gasteiger partial charge on any atom is -0.378 e. The first-order valence-corrected chi connectivity index (χ1v) is 10.9. The van der Waals surface area contributed by atoms with E-state index in [1.54, 1.807) is 28.8 Å². The van der Waals surface area contributed by atoms with Crippen LogP contribution >= 0.6 is 0 Å². The van der Waals surface area contributed by atoms with Gasteiger partial charge in [0.05, 0.1) is 11.6 Å². The molecule has 0 bridgehead atoms. The molecule has 0 saturated carbocycles. The maximum Gasteiger partial charge on any atom is 0.259 e. The normalized spacial score (nSPS) is 13.7. The molecule has 1 aliphatic rings. The van der Waals surface area contributed by atoms with E-state index < -0.39 is 5.91 Å². The molecule has 1 aliphatic heterocycles. The topological polar surface area (TPSA) is 92.7 Å². The number of hydrogen-bond donors (Lipinski definition) is 2. The van der Waals surface area contributed by atoms with Crippen LogP contribution in [0.1, 0.15) is 45.6 Å². The quantitative estimate of drug-likeness (QED) is 0.494. The molecule has 0 spiro atoms. The number of primary amides is 1. The third kappa shape index (κ3) is 3.82. The first-order chi connectivity index (χ1) is 15.9. The first-order valence-electron chi connectivity index (χ1n) is 10.9. The van der Waals surface area contributed by atoms with E-state index in [2.05, 4.69) is 22.3 Å². The molecule has 5 rings (SSSR count). The molecular formula is C26H25N5O2. The standard InChI is InChI=1S/C26H25N5O2/c1-16-11-21(17(2)28-22-10-6-5-9-20(22)25(27)33)26-29-23(12-24(32)31(26)13-16)30-14-18-7-3-4-8-19(18)15-30/h3-13,17,28H,14-15H2,1-2H3,(H2,27,33)/t17-/m0/s1. The molecule has 166 valence electrons. The Kier molecular flexibility index (Phi) is 5.09. The number of pyridine rings is 1. The highest BCUT2D eigenvalue weighted by Crippen LogP contribution is 2.29. The number of rotatable bonds is 5. The molecule has 0 unspecified atom stereocenters. The van der Waals surface area contributed by atoms with Crippen molar-refractivity contribution in [1.82, 2.24) is 9.38 Å². The van der Waals surface area contributed by atoms with Crippen molar-refractivity contribution in [3.05, 3.63) is 105 Å². The van der Waals surface area contributed by atoms with Crippen LogP contribution in [-0.2, 0) is 13.1 Å². The van der Waals surface area contributed by atoms with Crippen molar-refractivity contribution >= 4 is 23.1 Å². The Morgan fingerprint density at radius 1 is 1.06 bits per heavy atom. The molecule has 2 aromatic heterocycles. The van der Waals surface area contributed by atoms with E-state index in [4.69, 9.17) is 10.7 Å². The summed E-state index contributed by atoms with van der Waals surface area (Å²) in [6.07, 6.45) is 1.81. The van der Waals surface area contributed by atoms with Gasteiger partial charge in [0.25, 0.3) is 11.5 Å². The number of nitrogens with zero attached hydrogens (tertiary/aromatic N) is 3. The molecule has 0 fully saturated rings. The average molecular weight is 440 g/mol. The van der Waals surface area contributed by atoms with Crippen molar-refractivity contribution in [2.45, 2.75) is 33.0 Å². The molecule has 0 aliphatic carbocycles. The number of nitrogens with two attached hydrogens (primary N) is 1. The third-order valence-corrected chi connectivity index (χ3v) is 6.11. The lowest BCUT2D eigenvalue weighted by Gasteiger charge is -2.21. The molecule has 2 aromatic carbocycles. The number of carbonyl (C=O) groups is 1. The molecule has 0 radical (unpaired) electrons. The molecule has 3 N–H and O–H groups in total. The fourth-order valence-corrected chi connectivity index (χ4v) is 4.47. The summed E-state index contributed by atoms with van der Waals surface area (Å²) in [5.41, 5.74) is 11.4. The zero-order valence-electron chi connectivity index (χ0n) is 18.6. The smallest absolute Gasteiger partial charge is 0.259 e. The molecule has 1 amide bonds. The highest BCUT2D eigenvalue weighted by molar-refractivity contribution is 5.98. The number of anilines is 2. The zero-order valence-corrected chi connectivity index (χ0v) is 18.6. The lowest BCUT2D eigenvalue weighted by molar-refractivity contribution is 0.100. The fourth-order valence-electron chi connectivity index (χ4n) is 4.47. The highest BCUT2D eigenvalue weighted by Gasteiger charge is 2.22. The summed E-state index contributed by atoms with van der Waals surface area (Å²) in [5.74, 6) is 0.163. The number of hydrogen-bond acceptors (Lipinski definition) is 5. The van der Waals surface area contributed by atoms with E-state index in [0.717, 1.165) is 24.2 Å². The lowest BCUT2D eigenvalue weighted by Crippen LogP contribution is -2.24. The second kappa shape index (κ2) is 8.09. The van der Waals surface area contributed by atoms with Gasteiger partial charge in [0, 0.05) is 36.6 Å². The summed E-state index contributed by atoms with van der Waals surface area (Å²) >= 11 is 0. The van der Waals surface area contributed by atoms with Crippen molar-refractivity contribution in [2.75, 3.05) is 10.2 Å². The van der Waals surface area contributed by atoms with E-state index in [9.17, 15) is 9.59 Å². The van der Waals surface area contributed by atoms with Crippen LogP contribution in [0.4, 0.5) is 11.5 Å². The Morgan fingerprint density at radius 3 is 2.42 bits per heavy atom. The van der Waals surface area contributed by atoms with E-state index >= 15 is 0 Å². The summed E-state index contributed by atoms with van der Waals surface area (Å²) in [6.45, 7) is 5.38. The second-order valence-electron chi connectivity index (χ2n) is 8.52. The van der Waals surface area contributed by atoms with E-state index in [1.165, 1.54) is 11.1 Å². The monoisotopic (exact) mass is 439 g/mol. The summed E-state index contributed by atoms with van der Waals surface area (Å²) < 4.78 is 1.59. The average Bonchev–Trinajstić information content (AvgIpc) is 3.23. The van der Waals surface area contributed by atoms with Gasteiger partial charge in [0.2, 0.25) is 0 Å². The number of nitrogens with one attached hydrogen (secondary N) is 1. The number of para-hydroxylation sites is 1. The van der Waals surface area contributed by atoms with Gasteiger partial charge in [-0.05, 0) is 48.7 Å². The number of aryl methyl sites for hydroxylation is 1. The molecule has 33 heavy (non-hydrogen) atoms. The van der Waals surface area contributed by atoms with Crippen LogP contribution < -0.4 is 21.5 Å². The third-order valence-electron chi connectivity index (χ3n) is 6.11. The van der Waals surface area contributed by atoms with Crippen LogP contribution in [0.5, 0.6) is 0 Å². The minimum atomic E-state index is -0.496. The van der Waals surface area contributed by atoms with Gasteiger partial charge in [-0.2, -0.15) is 0 Å². The molecule has 7 nitrogen and oxygen atoms in total. The first kappa shape index (κ1) is 20.8. The van der Waals surface area contributed by atoms with Crippen molar-refractivity contribution in [3.63, 3.8) is 0 Å². The van der Waals surface area contributed by atoms with Crippen LogP contribution in [0.2, 0.25) is 0 Å². The van der Waals surface area contributed by atoms with Gasteiger partial charge in [0.15, 0.2) is 0 Å². The lowest BCUT2D eigenvalue weighted by atomic mass is 10.1. The molecule has 1 atom stereocenters. The fraction of sp³-hybridized carbons (Fsp3) is 0.192. The van der Waals surface area contributed by atoms with Gasteiger partial charge in [-0.25, -0.2) is 4.98 Å². The molecule has 0 saturated heterocycles. The van der Waals surface area contributed by atoms with Crippen LogP contribution in [0.25, 0.3) is 5.65 Å². The van der Waals surface area contributed by atoms with E-state index in [1.807, 2.05) is 44.2 Å². The van der Waals surface area contributed by atoms with Crippen molar-refractivity contribution in [3.8, 4) is 0 Å². The predicted octanol–water partition coefficient (Wildman–Crippen LogP) is 3.80. The summed E-state index contributed by atoms with van der Waals surface area (Å²) in [5, 5.41) is 3.38. The van der Waals surface area contributed by atoms with Gasteiger partial charge in [-0.3, -0.25) is 14.0 Å². The van der Waals surface area contributed by atoms with Gasteiger partial charge in [-0.1, -0.05) is 36.4 Å². The van der Waals surface area contributed by atoms with Crippen LogP contribution in [0.15, 0.2) is 71.7 Å². The van der Waals surface area contributed by atoms with Crippen molar-refractivity contribution in [2.24, 2.45) is 5.73 Å². The number of fused-ring (bicyclic) bond motifs is 2. The number of benzene rings is 2. The molecule has 7 heteroatoms. The summed E-state index contributed by atoms with van der Waals surface area (Å²) in [7, 11) is 0. The van der Waals surface area contributed by atoms with E-state index in [0.29, 0.717) is 22.7 Å². The van der Waals surface area contributed by atoms with Gasteiger partial charge in [0.1, 0.15) is 11.5 Å². The van der Waals surface area contributed by atoms with Crippen LogP contribution in [0, 0.1) is 6.92 Å². The van der Waals surface area contributed by atoms with E-state index in [-0.39, 0.29) is 11.6 Å². The largest absolute Gasteiger partial charge is 0.378 e. The van der Waals surface area contributed by atoms with Gasteiger partial charge in [-0.15, -0.1) is 0 Å². The number of carbonyl (C=O) groups excluding carboxylic acids is 1. The Hall–Kier alpha value is -4.13. The molecule has 3 heterocycles. The molecule has 4 aromatic rings. The number of aromatic nitrogens is 2. The highest BCUT2D eigenvalue weighted by atomic mass is 16.1. The van der Waals surface area contributed by atoms with Crippen LogP contribution in [0.3, 0.4) is 0 Å². The Balaban J connectivity index is 1.57. The maximum atomic E-state index is 13.1. The van der Waals surface area contributed by atoms with Crippen molar-refractivity contribution < 1.29 is 4.79 Å².